The number of nitrogens with zero attached hydrogens (tertiary/aromatic N) is 2. The summed E-state index contributed by atoms with van der Waals surface area (Å²) in [5.74, 6) is 0.284. The Morgan fingerprint density at radius 2 is 1.80 bits per heavy atom. The van der Waals surface area contributed by atoms with Crippen molar-refractivity contribution in [2.24, 2.45) is 5.73 Å². The molecule has 0 bridgehead atoms. The van der Waals surface area contributed by atoms with Crippen LogP contribution >= 0.6 is 11.8 Å². The molecule has 1 aromatic carbocycles. The number of nitrogen functional groups attached to an aromatic ring is 2. The molecule has 0 amide bonds. The van der Waals surface area contributed by atoms with Gasteiger partial charge in [0.25, 0.3) is 0 Å². The minimum absolute atomic E-state index is 0.188. The molecule has 106 valence electrons. The number of rotatable bonds is 4. The van der Waals surface area contributed by atoms with Crippen molar-refractivity contribution in [1.29, 1.82) is 0 Å². The molecule has 2 rings (SSSR count). The first-order valence-electron chi connectivity index (χ1n) is 6.03. The van der Waals surface area contributed by atoms with Crippen LogP contribution in [0.3, 0.4) is 0 Å². The van der Waals surface area contributed by atoms with Gasteiger partial charge in [-0.3, -0.25) is 0 Å². The summed E-state index contributed by atoms with van der Waals surface area (Å²) in [6.07, 6.45) is 0. The first-order chi connectivity index (χ1) is 9.45. The minimum atomic E-state index is -0.304. The highest BCUT2D eigenvalue weighted by atomic mass is 32.2. The molecular formula is C13H16FN5S. The number of aromatic nitrogens is 2. The molecule has 0 aliphatic rings. The molecule has 0 aliphatic carbocycles. The fourth-order valence-corrected chi connectivity index (χ4v) is 2.83. The molecule has 7 heteroatoms. The van der Waals surface area contributed by atoms with Crippen molar-refractivity contribution >= 4 is 23.4 Å². The summed E-state index contributed by atoms with van der Waals surface area (Å²) < 4.78 is 13.3. The Bertz CT molecular complexity index is 585. The van der Waals surface area contributed by atoms with Crippen LogP contribution in [0.2, 0.25) is 0 Å². The largest absolute Gasteiger partial charge is 0.383 e. The van der Waals surface area contributed by atoms with Crippen LogP contribution in [0.4, 0.5) is 16.0 Å². The number of hydrogen-bond acceptors (Lipinski definition) is 6. The Morgan fingerprint density at radius 1 is 1.15 bits per heavy atom. The van der Waals surface area contributed by atoms with E-state index in [1.54, 1.807) is 6.07 Å². The second-order valence-corrected chi connectivity index (χ2v) is 5.56. The fourth-order valence-electron chi connectivity index (χ4n) is 1.79. The van der Waals surface area contributed by atoms with E-state index in [2.05, 4.69) is 9.97 Å². The fraction of sp³-hybridized carbons (Fsp3) is 0.231. The molecule has 1 heterocycles. The standard InChI is InChI=1S/C13H16FN5S/c1-7(15)12(8-3-2-4-9(14)5-8)20-13-18-10(16)6-11(17)19-13/h2-7,12H,15H2,1H3,(H4,16,17,18,19). The van der Waals surface area contributed by atoms with Gasteiger partial charge in [0.1, 0.15) is 17.5 Å². The third-order valence-corrected chi connectivity index (χ3v) is 3.98. The zero-order valence-electron chi connectivity index (χ0n) is 11.0. The van der Waals surface area contributed by atoms with Gasteiger partial charge in [-0.1, -0.05) is 23.9 Å². The summed E-state index contributed by atoms with van der Waals surface area (Å²) in [4.78, 5) is 8.21. The van der Waals surface area contributed by atoms with Crippen molar-refractivity contribution in [1.82, 2.24) is 9.97 Å². The summed E-state index contributed by atoms with van der Waals surface area (Å²) in [5, 5.41) is 0.237. The lowest BCUT2D eigenvalue weighted by atomic mass is 10.1. The second-order valence-electron chi connectivity index (χ2n) is 4.45. The van der Waals surface area contributed by atoms with E-state index in [-0.39, 0.29) is 17.1 Å². The summed E-state index contributed by atoms with van der Waals surface area (Å²) >= 11 is 1.31. The normalized spacial score (nSPS) is 13.9. The van der Waals surface area contributed by atoms with E-state index < -0.39 is 0 Å². The van der Waals surface area contributed by atoms with Gasteiger partial charge >= 0.3 is 0 Å². The molecule has 0 radical (unpaired) electrons. The van der Waals surface area contributed by atoms with E-state index in [0.29, 0.717) is 16.8 Å². The molecule has 0 saturated carbocycles. The lowest BCUT2D eigenvalue weighted by Gasteiger charge is -2.20. The first kappa shape index (κ1) is 14.5. The molecule has 20 heavy (non-hydrogen) atoms. The molecule has 0 fully saturated rings. The maximum absolute atomic E-state index is 13.3. The molecule has 2 atom stereocenters. The lowest BCUT2D eigenvalue weighted by Crippen LogP contribution is -2.23. The lowest BCUT2D eigenvalue weighted by molar-refractivity contribution is 0.621. The van der Waals surface area contributed by atoms with Gasteiger partial charge in [-0.05, 0) is 24.6 Å². The zero-order chi connectivity index (χ0) is 14.7. The number of nitrogens with two attached hydrogens (primary N) is 3. The topological polar surface area (TPSA) is 104 Å². The summed E-state index contributed by atoms with van der Waals surface area (Å²) in [5.41, 5.74) is 18.0. The van der Waals surface area contributed by atoms with E-state index >= 15 is 0 Å². The van der Waals surface area contributed by atoms with Gasteiger partial charge in [0.05, 0.1) is 5.25 Å². The molecule has 6 N–H and O–H groups in total. The van der Waals surface area contributed by atoms with Crippen LogP contribution in [0.1, 0.15) is 17.7 Å². The van der Waals surface area contributed by atoms with Crippen LogP contribution in [0, 0.1) is 5.82 Å². The van der Waals surface area contributed by atoms with E-state index in [9.17, 15) is 4.39 Å². The van der Waals surface area contributed by atoms with E-state index in [0.717, 1.165) is 5.56 Å². The van der Waals surface area contributed by atoms with Crippen molar-refractivity contribution in [3.8, 4) is 0 Å². The zero-order valence-corrected chi connectivity index (χ0v) is 11.8. The summed E-state index contributed by atoms with van der Waals surface area (Å²) in [7, 11) is 0. The summed E-state index contributed by atoms with van der Waals surface area (Å²) in [6.45, 7) is 1.85. The third kappa shape index (κ3) is 3.58. The highest BCUT2D eigenvalue weighted by molar-refractivity contribution is 7.99. The van der Waals surface area contributed by atoms with Gasteiger partial charge in [-0.25, -0.2) is 14.4 Å². The summed E-state index contributed by atoms with van der Waals surface area (Å²) in [6, 6.07) is 7.58. The van der Waals surface area contributed by atoms with Gasteiger partial charge in [0.2, 0.25) is 0 Å². The van der Waals surface area contributed by atoms with Gasteiger partial charge in [0.15, 0.2) is 5.16 Å². The Balaban J connectivity index is 2.30. The van der Waals surface area contributed by atoms with Crippen LogP contribution in [0.15, 0.2) is 35.5 Å². The van der Waals surface area contributed by atoms with Crippen LogP contribution in [-0.4, -0.2) is 16.0 Å². The van der Waals surface area contributed by atoms with Crippen LogP contribution in [-0.2, 0) is 0 Å². The average molecular weight is 293 g/mol. The van der Waals surface area contributed by atoms with Crippen LogP contribution in [0.5, 0.6) is 0 Å². The Morgan fingerprint density at radius 3 is 2.35 bits per heavy atom. The number of anilines is 2. The van der Waals surface area contributed by atoms with Gasteiger partial charge in [0, 0.05) is 12.1 Å². The second kappa shape index (κ2) is 6.06. The quantitative estimate of drug-likeness (QED) is 0.588. The number of hydrogen-bond donors (Lipinski definition) is 3. The van der Waals surface area contributed by atoms with E-state index in [4.69, 9.17) is 17.2 Å². The minimum Gasteiger partial charge on any atom is -0.383 e. The van der Waals surface area contributed by atoms with Gasteiger partial charge in [-0.2, -0.15) is 0 Å². The van der Waals surface area contributed by atoms with Crippen molar-refractivity contribution in [2.45, 2.75) is 23.4 Å². The van der Waals surface area contributed by atoms with E-state index in [1.807, 2.05) is 13.0 Å². The van der Waals surface area contributed by atoms with Crippen molar-refractivity contribution in [2.75, 3.05) is 11.5 Å². The monoisotopic (exact) mass is 293 g/mol. The maximum atomic E-state index is 13.3. The number of halogens is 1. The van der Waals surface area contributed by atoms with Crippen molar-refractivity contribution < 1.29 is 4.39 Å². The Hall–Kier alpha value is -1.86. The number of thioether (sulfide) groups is 1. The van der Waals surface area contributed by atoms with Crippen LogP contribution < -0.4 is 17.2 Å². The molecule has 2 aromatic rings. The smallest absolute Gasteiger partial charge is 0.192 e. The first-order valence-corrected chi connectivity index (χ1v) is 6.91. The Labute approximate surface area is 120 Å². The molecular weight excluding hydrogens is 277 g/mol. The predicted octanol–water partition coefficient (Wildman–Crippen LogP) is 1.96. The van der Waals surface area contributed by atoms with Gasteiger partial charge < -0.3 is 17.2 Å². The maximum Gasteiger partial charge on any atom is 0.192 e. The van der Waals surface area contributed by atoms with Crippen molar-refractivity contribution in [3.63, 3.8) is 0 Å². The highest BCUT2D eigenvalue weighted by Crippen LogP contribution is 2.36. The molecule has 5 nitrogen and oxygen atoms in total. The molecule has 0 spiro atoms. The average Bonchev–Trinajstić information content (AvgIpc) is 2.34. The Kier molecular flexibility index (Phi) is 4.41. The SMILES string of the molecule is CC(N)C(Sc1nc(N)cc(N)n1)c1cccc(F)c1. The van der Waals surface area contributed by atoms with Gasteiger partial charge in [-0.15, -0.1) is 0 Å². The van der Waals surface area contributed by atoms with E-state index in [1.165, 1.54) is 30.0 Å². The number of benzene rings is 1. The highest BCUT2D eigenvalue weighted by Gasteiger charge is 2.20. The molecule has 0 aliphatic heterocycles. The third-order valence-electron chi connectivity index (χ3n) is 2.63. The van der Waals surface area contributed by atoms with Crippen LogP contribution in [0.25, 0.3) is 0 Å². The molecule has 1 aromatic heterocycles. The molecule has 2 unspecified atom stereocenters. The van der Waals surface area contributed by atoms with Crippen molar-refractivity contribution in [3.05, 3.63) is 41.7 Å². The predicted molar refractivity (Wildman–Crippen MR) is 79.5 cm³/mol. The molecule has 0 saturated heterocycles.